The minimum absolute atomic E-state index is 0.449. The number of rotatable bonds is 5. The van der Waals surface area contributed by atoms with Crippen LogP contribution in [0.25, 0.3) is 0 Å². The zero-order valence-electron chi connectivity index (χ0n) is 10.5. The molecule has 4 N–H and O–H groups in total. The topological polar surface area (TPSA) is 52.0 Å². The molecule has 88 valence electrons. The summed E-state index contributed by atoms with van der Waals surface area (Å²) >= 11 is 0. The van der Waals surface area contributed by atoms with Gasteiger partial charge in [-0.1, -0.05) is 39.2 Å². The Bertz CT molecular complexity index is 355. The lowest BCUT2D eigenvalue weighted by Crippen LogP contribution is -1.99. The minimum Gasteiger partial charge on any atom is -0.399 e. The quantitative estimate of drug-likeness (QED) is 0.697. The second-order valence-corrected chi connectivity index (χ2v) is 4.17. The van der Waals surface area contributed by atoms with Gasteiger partial charge in [-0.2, -0.15) is 0 Å². The molecular weight excluding hydrogens is 196 g/mol. The lowest BCUT2D eigenvalue weighted by Gasteiger charge is -2.02. The first kappa shape index (κ1) is 14.3. The fourth-order valence-electron chi connectivity index (χ4n) is 1.04. The first-order chi connectivity index (χ1) is 7.32. The van der Waals surface area contributed by atoms with E-state index in [-0.39, 0.29) is 0 Å². The van der Waals surface area contributed by atoms with E-state index in [1.54, 1.807) is 6.08 Å². The fraction of sp³-hybridized carbons (Fsp3) is 0.286. The van der Waals surface area contributed by atoms with Crippen LogP contribution in [0.4, 0.5) is 0 Å². The van der Waals surface area contributed by atoms with Gasteiger partial charge in [0.2, 0.25) is 0 Å². The summed E-state index contributed by atoms with van der Waals surface area (Å²) in [6.07, 6.45) is 7.57. The Kier molecular flexibility index (Phi) is 6.01. The molecule has 2 nitrogen and oxygen atoms in total. The molecule has 0 amide bonds. The van der Waals surface area contributed by atoms with Crippen molar-refractivity contribution in [1.29, 1.82) is 0 Å². The molecule has 16 heavy (non-hydrogen) atoms. The summed E-state index contributed by atoms with van der Waals surface area (Å²) in [5.74, 6) is 0.515. The number of hydrogen-bond donors (Lipinski definition) is 2. The third-order valence-corrected chi connectivity index (χ3v) is 1.92. The molecule has 0 radical (unpaired) electrons. The van der Waals surface area contributed by atoms with E-state index in [1.165, 1.54) is 0 Å². The highest BCUT2D eigenvalue weighted by molar-refractivity contribution is 5.40. The van der Waals surface area contributed by atoms with Gasteiger partial charge < -0.3 is 11.5 Å². The van der Waals surface area contributed by atoms with Gasteiger partial charge in [-0.25, -0.2) is 0 Å². The highest BCUT2D eigenvalue weighted by atomic mass is 14.6. The average Bonchev–Trinajstić information content (AvgIpc) is 2.12. The smallest absolute Gasteiger partial charge is 0.0337 e. The van der Waals surface area contributed by atoms with Crippen molar-refractivity contribution in [3.8, 4) is 0 Å². The first-order valence-corrected chi connectivity index (χ1v) is 5.30. The van der Waals surface area contributed by atoms with Crippen molar-refractivity contribution >= 4 is 0 Å². The molecule has 0 atom stereocenters. The van der Waals surface area contributed by atoms with E-state index < -0.39 is 0 Å². The average molecular weight is 218 g/mol. The highest BCUT2D eigenvalue weighted by Gasteiger charge is 1.94. The van der Waals surface area contributed by atoms with Crippen LogP contribution in [0, 0.1) is 5.92 Å². The van der Waals surface area contributed by atoms with Gasteiger partial charge >= 0.3 is 0 Å². The maximum Gasteiger partial charge on any atom is 0.0337 e. The second-order valence-electron chi connectivity index (χ2n) is 4.17. The molecule has 2 heteroatoms. The normalized spacial score (nSPS) is 13.5. The molecule has 0 aliphatic carbocycles. The second kappa shape index (κ2) is 6.72. The molecule has 0 spiro atoms. The molecule has 0 aromatic heterocycles. The van der Waals surface area contributed by atoms with Gasteiger partial charge in [0, 0.05) is 11.4 Å². The lowest BCUT2D eigenvalue weighted by molar-refractivity contribution is 0.831. The predicted octanol–water partition coefficient (Wildman–Crippen LogP) is 3.02. The Hall–Kier alpha value is -1.70. The summed E-state index contributed by atoms with van der Waals surface area (Å²) in [6, 6.07) is 0. The van der Waals surface area contributed by atoms with E-state index in [9.17, 15) is 0 Å². The molecule has 0 unspecified atom stereocenters. The van der Waals surface area contributed by atoms with Crippen molar-refractivity contribution in [2.24, 2.45) is 17.4 Å². The minimum atomic E-state index is 0.449. The molecule has 0 bridgehead atoms. The SMILES string of the molecule is C=C(N)/C=C(N)\C=C(/C)C(=C)/C=C\C(C)C. The Balaban J connectivity index is 4.67. The predicted molar refractivity (Wildman–Crippen MR) is 72.5 cm³/mol. The van der Waals surface area contributed by atoms with Crippen LogP contribution in [-0.2, 0) is 0 Å². The molecular formula is C14H22N2. The van der Waals surface area contributed by atoms with Crippen LogP contribution in [0.3, 0.4) is 0 Å². The van der Waals surface area contributed by atoms with Crippen molar-refractivity contribution in [2.75, 3.05) is 0 Å². The van der Waals surface area contributed by atoms with Gasteiger partial charge in [-0.3, -0.25) is 0 Å². The Morgan fingerprint density at radius 1 is 1.12 bits per heavy atom. The van der Waals surface area contributed by atoms with Gasteiger partial charge in [0.05, 0.1) is 0 Å². The number of allylic oxidation sites excluding steroid dienone is 6. The summed E-state index contributed by atoms with van der Waals surface area (Å²) in [6.45, 7) is 13.7. The molecule has 0 aromatic carbocycles. The van der Waals surface area contributed by atoms with Gasteiger partial charge in [-0.05, 0) is 36.1 Å². The van der Waals surface area contributed by atoms with Crippen LogP contribution >= 0.6 is 0 Å². The monoisotopic (exact) mass is 218 g/mol. The van der Waals surface area contributed by atoms with Crippen LogP contribution in [0.2, 0.25) is 0 Å². The van der Waals surface area contributed by atoms with E-state index >= 15 is 0 Å². The summed E-state index contributed by atoms with van der Waals surface area (Å²) in [7, 11) is 0. The molecule has 0 aliphatic heterocycles. The van der Waals surface area contributed by atoms with Gasteiger partial charge in [0.25, 0.3) is 0 Å². The zero-order chi connectivity index (χ0) is 12.7. The van der Waals surface area contributed by atoms with Crippen molar-refractivity contribution in [3.05, 3.63) is 60.0 Å². The van der Waals surface area contributed by atoms with E-state index in [4.69, 9.17) is 11.5 Å². The zero-order valence-corrected chi connectivity index (χ0v) is 10.5. The lowest BCUT2D eigenvalue weighted by atomic mass is 10.1. The summed E-state index contributed by atoms with van der Waals surface area (Å²) in [5, 5.41) is 0. The molecule has 0 saturated heterocycles. The molecule has 0 rings (SSSR count). The van der Waals surface area contributed by atoms with E-state index in [0.717, 1.165) is 11.1 Å². The maximum absolute atomic E-state index is 5.75. The molecule has 0 heterocycles. The fourth-order valence-corrected chi connectivity index (χ4v) is 1.04. The van der Waals surface area contributed by atoms with Crippen LogP contribution < -0.4 is 11.5 Å². The van der Waals surface area contributed by atoms with Gasteiger partial charge in [0.15, 0.2) is 0 Å². The Morgan fingerprint density at radius 3 is 2.12 bits per heavy atom. The number of hydrogen-bond acceptors (Lipinski definition) is 2. The van der Waals surface area contributed by atoms with Gasteiger partial charge in [0.1, 0.15) is 0 Å². The van der Waals surface area contributed by atoms with Crippen LogP contribution in [-0.4, -0.2) is 0 Å². The number of nitrogens with two attached hydrogens (primary N) is 2. The highest BCUT2D eigenvalue weighted by Crippen LogP contribution is 2.11. The Labute approximate surface area is 98.7 Å². The van der Waals surface area contributed by atoms with Crippen molar-refractivity contribution in [3.63, 3.8) is 0 Å². The van der Waals surface area contributed by atoms with Crippen molar-refractivity contribution < 1.29 is 0 Å². The van der Waals surface area contributed by atoms with E-state index in [0.29, 0.717) is 17.3 Å². The summed E-state index contributed by atoms with van der Waals surface area (Å²) in [5.41, 5.74) is 14.2. The van der Waals surface area contributed by atoms with Crippen LogP contribution in [0.1, 0.15) is 20.8 Å². The molecule has 0 saturated carbocycles. The first-order valence-electron chi connectivity index (χ1n) is 5.30. The van der Waals surface area contributed by atoms with E-state index in [1.807, 2.05) is 19.1 Å². The summed E-state index contributed by atoms with van der Waals surface area (Å²) < 4.78 is 0. The van der Waals surface area contributed by atoms with E-state index in [2.05, 4.69) is 33.1 Å². The van der Waals surface area contributed by atoms with Crippen LogP contribution in [0.5, 0.6) is 0 Å². The van der Waals surface area contributed by atoms with Crippen LogP contribution in [0.15, 0.2) is 60.0 Å². The third kappa shape index (κ3) is 6.71. The summed E-state index contributed by atoms with van der Waals surface area (Å²) in [4.78, 5) is 0. The van der Waals surface area contributed by atoms with Crippen molar-refractivity contribution in [1.82, 2.24) is 0 Å². The largest absolute Gasteiger partial charge is 0.399 e. The van der Waals surface area contributed by atoms with Crippen molar-refractivity contribution in [2.45, 2.75) is 20.8 Å². The standard InChI is InChI=1S/C14H22N2/c1-10(2)6-7-11(3)12(4)8-14(16)9-13(5)15/h6-10H,3,5,15-16H2,1-2,4H3/b7-6-,12-8+,14-9+. The third-order valence-electron chi connectivity index (χ3n) is 1.92. The Morgan fingerprint density at radius 2 is 1.69 bits per heavy atom. The maximum atomic E-state index is 5.75. The molecule has 0 fully saturated rings. The molecule has 0 aliphatic rings. The molecule has 0 aromatic rings. The van der Waals surface area contributed by atoms with Gasteiger partial charge in [-0.15, -0.1) is 0 Å².